The highest BCUT2D eigenvalue weighted by Gasteiger charge is 2.44. The van der Waals surface area contributed by atoms with Crippen LogP contribution in [0.25, 0.3) is 4.96 Å². The lowest BCUT2D eigenvalue weighted by Crippen LogP contribution is -2.27. The predicted octanol–water partition coefficient (Wildman–Crippen LogP) is 2.81. The summed E-state index contributed by atoms with van der Waals surface area (Å²) in [5, 5.41) is 11.0. The van der Waals surface area contributed by atoms with Gasteiger partial charge in [0, 0.05) is 46.6 Å². The van der Waals surface area contributed by atoms with E-state index in [0.29, 0.717) is 11.5 Å². The Kier molecular flexibility index (Phi) is 4.60. The number of halogens is 1. The van der Waals surface area contributed by atoms with Crippen molar-refractivity contribution in [2.75, 3.05) is 18.1 Å². The molecule has 1 aliphatic carbocycles. The van der Waals surface area contributed by atoms with Crippen molar-refractivity contribution in [1.82, 2.24) is 4.98 Å². The van der Waals surface area contributed by atoms with E-state index in [0.717, 1.165) is 30.0 Å². The molecule has 1 aromatic carbocycles. The van der Waals surface area contributed by atoms with Gasteiger partial charge < -0.3 is 14.6 Å². The minimum Gasteiger partial charge on any atom is -0.584 e. The van der Waals surface area contributed by atoms with Crippen LogP contribution in [0.1, 0.15) is 30.7 Å². The molecule has 26 heavy (non-hydrogen) atoms. The summed E-state index contributed by atoms with van der Waals surface area (Å²) in [5.41, 5.74) is 2.73. The molecule has 1 aliphatic rings. The molecule has 2 heterocycles. The van der Waals surface area contributed by atoms with Crippen LogP contribution in [0.4, 0.5) is 10.1 Å². The molecule has 2 aromatic heterocycles. The summed E-state index contributed by atoms with van der Waals surface area (Å²) in [6.07, 6.45) is 2.85. The SMILES string of the molecule is CCN(Cc1cc[n+]2c(C3CC3CO)c[s+]([O-])c2n1)c1ccc(F)cc1. The van der Waals surface area contributed by atoms with Crippen LogP contribution >= 0.6 is 10.8 Å². The Morgan fingerprint density at radius 2 is 2.12 bits per heavy atom. The van der Waals surface area contributed by atoms with Gasteiger partial charge in [0.2, 0.25) is 0 Å². The molecule has 0 aliphatic heterocycles. The van der Waals surface area contributed by atoms with E-state index < -0.39 is 10.8 Å². The van der Waals surface area contributed by atoms with E-state index in [1.165, 1.54) is 12.1 Å². The Labute approximate surface area is 154 Å². The third-order valence-electron chi connectivity index (χ3n) is 5.01. The highest BCUT2D eigenvalue weighted by atomic mass is 32.2. The Balaban J connectivity index is 1.61. The van der Waals surface area contributed by atoms with Crippen LogP contribution in [0.3, 0.4) is 0 Å². The maximum Gasteiger partial charge on any atom is 0.535 e. The van der Waals surface area contributed by atoms with Gasteiger partial charge in [-0.2, -0.15) is 0 Å². The van der Waals surface area contributed by atoms with Crippen molar-refractivity contribution in [3.05, 3.63) is 59.1 Å². The lowest BCUT2D eigenvalue weighted by atomic mass is 10.2. The molecule has 4 rings (SSSR count). The number of rotatable bonds is 6. The zero-order valence-electron chi connectivity index (χ0n) is 14.5. The molecule has 1 fully saturated rings. The first-order chi connectivity index (χ1) is 12.6. The second-order valence-electron chi connectivity index (χ2n) is 6.69. The van der Waals surface area contributed by atoms with Gasteiger partial charge in [0.05, 0.1) is 6.54 Å². The molecule has 0 bridgehead atoms. The molecule has 0 amide bonds. The first-order valence-electron chi connectivity index (χ1n) is 8.76. The predicted molar refractivity (Wildman–Crippen MR) is 97.1 cm³/mol. The normalized spacial score (nSPS) is 19.8. The number of nitrogens with zero attached hydrogens (tertiary/aromatic N) is 3. The standard InChI is InChI=1S/C19H21FN3O2S/c1-2-22(16-5-3-14(20)4-6-16)10-15-7-8-23-18(17-9-13(17)11-24)12-26(25)19(23)21-15/h3-8,12-13,17,24H,2,9-11H2,1H3/q+1. The maximum absolute atomic E-state index is 13.1. The number of hydrogen-bond donors (Lipinski definition) is 1. The number of aromatic nitrogens is 2. The van der Waals surface area contributed by atoms with Crippen molar-refractivity contribution in [2.24, 2.45) is 5.92 Å². The Bertz CT molecular complexity index is 928. The number of anilines is 1. The number of thiazole rings is 1. The Morgan fingerprint density at radius 3 is 2.77 bits per heavy atom. The van der Waals surface area contributed by atoms with Gasteiger partial charge in [-0.3, -0.25) is 0 Å². The smallest absolute Gasteiger partial charge is 0.535 e. The van der Waals surface area contributed by atoms with Crippen LogP contribution in [-0.2, 0) is 6.54 Å². The first kappa shape index (κ1) is 17.3. The van der Waals surface area contributed by atoms with Gasteiger partial charge in [-0.25, -0.2) is 4.39 Å². The van der Waals surface area contributed by atoms with Crippen LogP contribution in [0.15, 0.2) is 41.9 Å². The molecule has 136 valence electrons. The molecule has 7 heteroatoms. The molecule has 5 nitrogen and oxygen atoms in total. The fourth-order valence-electron chi connectivity index (χ4n) is 3.39. The first-order valence-corrected chi connectivity index (χ1v) is 9.97. The lowest BCUT2D eigenvalue weighted by molar-refractivity contribution is -0.520. The Morgan fingerprint density at radius 1 is 1.35 bits per heavy atom. The van der Waals surface area contributed by atoms with Gasteiger partial charge >= 0.3 is 4.96 Å². The number of aliphatic hydroxyl groups excluding tert-OH is 1. The number of aliphatic hydroxyl groups is 1. The average molecular weight is 374 g/mol. The van der Waals surface area contributed by atoms with Gasteiger partial charge in [0.25, 0.3) is 0 Å². The van der Waals surface area contributed by atoms with E-state index in [1.54, 1.807) is 17.5 Å². The Hall–Kier alpha value is -2.09. The van der Waals surface area contributed by atoms with Crippen LogP contribution in [-0.4, -0.2) is 27.8 Å². The molecular weight excluding hydrogens is 353 g/mol. The minimum absolute atomic E-state index is 0.166. The molecule has 3 atom stereocenters. The lowest BCUT2D eigenvalue weighted by Gasteiger charge is -2.21. The fourth-order valence-corrected chi connectivity index (χ4v) is 4.58. The molecular formula is C19H21FN3O2S+. The zero-order valence-corrected chi connectivity index (χ0v) is 15.3. The largest absolute Gasteiger partial charge is 0.584 e. The van der Waals surface area contributed by atoms with Crippen molar-refractivity contribution in [1.29, 1.82) is 0 Å². The van der Waals surface area contributed by atoms with Crippen molar-refractivity contribution >= 4 is 21.4 Å². The van der Waals surface area contributed by atoms with E-state index in [2.05, 4.69) is 9.88 Å². The van der Waals surface area contributed by atoms with Gasteiger partial charge in [-0.15, -0.1) is 4.40 Å². The molecule has 3 unspecified atom stereocenters. The highest BCUT2D eigenvalue weighted by molar-refractivity contribution is 7.27. The van der Waals surface area contributed by atoms with Crippen LogP contribution in [0, 0.1) is 11.7 Å². The van der Waals surface area contributed by atoms with E-state index in [-0.39, 0.29) is 24.3 Å². The quantitative estimate of drug-likeness (QED) is 0.532. The fraction of sp³-hybridized carbons (Fsp3) is 0.368. The minimum atomic E-state index is -1.26. The third kappa shape index (κ3) is 3.18. The van der Waals surface area contributed by atoms with Crippen LogP contribution in [0.5, 0.6) is 0 Å². The summed E-state index contributed by atoms with van der Waals surface area (Å²) in [5.74, 6) is 0.284. The number of benzene rings is 1. The van der Waals surface area contributed by atoms with Crippen molar-refractivity contribution in [2.45, 2.75) is 25.8 Å². The monoisotopic (exact) mass is 374 g/mol. The summed E-state index contributed by atoms with van der Waals surface area (Å²) >= 11 is 0. The summed E-state index contributed by atoms with van der Waals surface area (Å²) in [4.78, 5) is 7.24. The van der Waals surface area contributed by atoms with E-state index in [1.807, 2.05) is 23.6 Å². The third-order valence-corrected chi connectivity index (χ3v) is 6.11. The van der Waals surface area contributed by atoms with E-state index in [4.69, 9.17) is 0 Å². The van der Waals surface area contributed by atoms with E-state index in [9.17, 15) is 14.0 Å². The summed E-state index contributed by atoms with van der Waals surface area (Å²) in [7, 11) is -1.26. The zero-order chi connectivity index (χ0) is 18.3. The molecule has 0 radical (unpaired) electrons. The van der Waals surface area contributed by atoms with Crippen molar-refractivity contribution in [3.63, 3.8) is 0 Å². The molecule has 1 saturated carbocycles. The highest BCUT2D eigenvalue weighted by Crippen LogP contribution is 2.47. The van der Waals surface area contributed by atoms with Crippen LogP contribution < -0.4 is 9.30 Å². The van der Waals surface area contributed by atoms with Gasteiger partial charge in [-0.1, -0.05) is 0 Å². The topological polar surface area (TPSA) is 63.5 Å². The van der Waals surface area contributed by atoms with Crippen molar-refractivity contribution < 1.29 is 18.5 Å². The maximum atomic E-state index is 13.1. The van der Waals surface area contributed by atoms with Gasteiger partial charge in [-0.05, 0) is 43.5 Å². The molecule has 3 aromatic rings. The molecule has 0 saturated heterocycles. The second kappa shape index (κ2) is 6.90. The molecule has 0 spiro atoms. The number of hydrogen-bond acceptors (Lipinski definition) is 4. The number of fused-ring (bicyclic) bond motifs is 1. The average Bonchev–Trinajstić information content (AvgIpc) is 3.38. The van der Waals surface area contributed by atoms with Crippen LogP contribution in [0.2, 0.25) is 0 Å². The summed E-state index contributed by atoms with van der Waals surface area (Å²) in [6, 6.07) is 8.33. The van der Waals surface area contributed by atoms with Gasteiger partial charge in [0.1, 0.15) is 12.0 Å². The van der Waals surface area contributed by atoms with E-state index >= 15 is 0 Å². The second-order valence-corrected chi connectivity index (χ2v) is 7.88. The molecule has 1 N–H and O–H groups in total. The summed E-state index contributed by atoms with van der Waals surface area (Å²) in [6.45, 7) is 3.51. The summed E-state index contributed by atoms with van der Waals surface area (Å²) < 4.78 is 27.5. The van der Waals surface area contributed by atoms with Gasteiger partial charge in [0.15, 0.2) is 16.8 Å². The van der Waals surface area contributed by atoms with Crippen molar-refractivity contribution in [3.8, 4) is 0 Å².